The third kappa shape index (κ3) is 1.50. The Balaban J connectivity index is 2.67. The lowest BCUT2D eigenvalue weighted by Gasteiger charge is -2.17. The summed E-state index contributed by atoms with van der Waals surface area (Å²) in [5, 5.41) is 2.73. The van der Waals surface area contributed by atoms with Crippen LogP contribution in [-0.4, -0.2) is 16.9 Å². The average molecular weight is 167 g/mol. The molecule has 9 heavy (non-hydrogen) atoms. The van der Waals surface area contributed by atoms with E-state index < -0.39 is 0 Å². The number of carbonyl (C=O) groups excluding carboxylic acids is 1. The minimum Gasteiger partial charge on any atom is -0.328 e. The van der Waals surface area contributed by atoms with Crippen LogP contribution in [0.1, 0.15) is 0 Å². The van der Waals surface area contributed by atoms with Gasteiger partial charge >= 0.3 is 0 Å². The van der Waals surface area contributed by atoms with E-state index in [1.807, 2.05) is 0 Å². The molecule has 0 bridgehead atoms. The van der Waals surface area contributed by atoms with E-state index in [1.54, 1.807) is 0 Å². The second-order valence-corrected chi connectivity index (χ2v) is 2.35. The van der Waals surface area contributed by atoms with Crippen molar-refractivity contribution in [1.82, 2.24) is 9.74 Å². The maximum atomic E-state index is 10.5. The molecule has 0 aromatic heterocycles. The molecule has 1 aliphatic heterocycles. The summed E-state index contributed by atoms with van der Waals surface area (Å²) in [7, 11) is 0. The van der Waals surface area contributed by atoms with E-state index in [2.05, 4.69) is 5.32 Å². The summed E-state index contributed by atoms with van der Waals surface area (Å²) in [6, 6.07) is 0. The normalized spacial score (nSPS) is 19.1. The van der Waals surface area contributed by atoms with Crippen molar-refractivity contribution < 1.29 is 4.79 Å². The highest BCUT2D eigenvalue weighted by Crippen LogP contribution is 2.13. The van der Waals surface area contributed by atoms with Gasteiger partial charge in [-0.1, -0.05) is 11.6 Å². The number of hydrogen-bond acceptors (Lipinski definition) is 2. The Bertz CT molecular complexity index is 168. The average Bonchev–Trinajstić information content (AvgIpc) is 1.80. The molecule has 0 aromatic rings. The molecule has 0 fully saturated rings. The van der Waals surface area contributed by atoms with Gasteiger partial charge in [0.25, 0.3) is 0 Å². The van der Waals surface area contributed by atoms with Crippen LogP contribution >= 0.6 is 23.4 Å². The molecule has 0 unspecified atom stereocenters. The Morgan fingerprint density at radius 2 is 2.44 bits per heavy atom. The Kier molecular flexibility index (Phi) is 1.83. The molecule has 1 amide bonds. The van der Waals surface area contributed by atoms with E-state index in [-0.39, 0.29) is 12.5 Å². The number of nitrogens with one attached hydrogen (secondary N) is 1. The van der Waals surface area contributed by atoms with Gasteiger partial charge in [-0.3, -0.25) is 9.21 Å². The van der Waals surface area contributed by atoms with E-state index >= 15 is 0 Å². The number of hydrogen-bond donors (Lipinski definition) is 1. The Morgan fingerprint density at radius 3 is 2.89 bits per heavy atom. The molecular formula is C4H4Cl2N2O. The van der Waals surface area contributed by atoms with Crippen molar-refractivity contribution in [1.29, 1.82) is 0 Å². The van der Waals surface area contributed by atoms with E-state index in [1.165, 1.54) is 6.20 Å². The predicted molar refractivity (Wildman–Crippen MR) is 34.6 cm³/mol. The molecule has 50 valence electrons. The molecule has 1 heterocycles. The number of amides is 1. The monoisotopic (exact) mass is 166 g/mol. The smallest absolute Gasteiger partial charge is 0.245 e. The van der Waals surface area contributed by atoms with Crippen LogP contribution in [0.15, 0.2) is 11.4 Å². The quantitative estimate of drug-likeness (QED) is 0.423. The number of nitrogens with zero attached hydrogens (tertiary/aromatic N) is 1. The number of rotatable bonds is 0. The molecule has 0 radical (unpaired) electrons. The molecule has 0 aromatic carbocycles. The van der Waals surface area contributed by atoms with Gasteiger partial charge in [0, 0.05) is 18.0 Å². The maximum Gasteiger partial charge on any atom is 0.245 e. The lowest BCUT2D eigenvalue weighted by atomic mass is 10.5. The van der Waals surface area contributed by atoms with Crippen LogP contribution in [0.25, 0.3) is 0 Å². The highest BCUT2D eigenvalue weighted by Gasteiger charge is 2.13. The van der Waals surface area contributed by atoms with Crippen molar-refractivity contribution in [3.63, 3.8) is 0 Å². The van der Waals surface area contributed by atoms with E-state index in [9.17, 15) is 4.79 Å². The minimum atomic E-state index is -0.158. The molecule has 0 spiro atoms. The predicted octanol–water partition coefficient (Wildman–Crippen LogP) is 0.610. The lowest BCUT2D eigenvalue weighted by molar-refractivity contribution is -0.120. The van der Waals surface area contributed by atoms with Crippen molar-refractivity contribution in [3.05, 3.63) is 11.4 Å². The van der Waals surface area contributed by atoms with Crippen molar-refractivity contribution in [3.8, 4) is 0 Å². The zero-order valence-corrected chi connectivity index (χ0v) is 5.91. The first kappa shape index (κ1) is 6.71. The Labute approximate surface area is 62.3 Å². The third-order valence-electron chi connectivity index (χ3n) is 0.866. The Hall–Kier alpha value is -0.410. The first-order valence-electron chi connectivity index (χ1n) is 2.28. The summed E-state index contributed by atoms with van der Waals surface area (Å²) in [4.78, 5) is 10.5. The zero-order chi connectivity index (χ0) is 6.85. The third-order valence-corrected chi connectivity index (χ3v) is 1.57. The van der Waals surface area contributed by atoms with Crippen LogP contribution in [0, 0.1) is 0 Å². The second-order valence-electron chi connectivity index (χ2n) is 1.55. The SMILES string of the molecule is O=C1CN(Cl)C(Cl)=CN1. The molecule has 0 aliphatic carbocycles. The first-order valence-corrected chi connectivity index (χ1v) is 3.00. The molecule has 1 rings (SSSR count). The summed E-state index contributed by atoms with van der Waals surface area (Å²) in [6.45, 7) is 0.108. The highest BCUT2D eigenvalue weighted by molar-refractivity contribution is 6.33. The van der Waals surface area contributed by atoms with Crippen LogP contribution in [0.3, 0.4) is 0 Å². The number of halogens is 2. The van der Waals surface area contributed by atoms with Crippen molar-refractivity contribution in [2.24, 2.45) is 0 Å². The Morgan fingerprint density at radius 1 is 1.78 bits per heavy atom. The summed E-state index contributed by atoms with van der Waals surface area (Å²) in [6.07, 6.45) is 1.35. The van der Waals surface area contributed by atoms with Crippen molar-refractivity contribution in [2.75, 3.05) is 6.54 Å². The van der Waals surface area contributed by atoms with Gasteiger partial charge in [-0.05, 0) is 0 Å². The van der Waals surface area contributed by atoms with E-state index in [0.29, 0.717) is 5.16 Å². The van der Waals surface area contributed by atoms with Crippen LogP contribution in [0.5, 0.6) is 0 Å². The summed E-state index contributed by atoms with van der Waals surface area (Å²) in [5.74, 6) is -0.158. The fourth-order valence-electron chi connectivity index (χ4n) is 0.457. The molecule has 5 heteroatoms. The van der Waals surface area contributed by atoms with E-state index in [4.69, 9.17) is 23.4 Å². The number of carbonyl (C=O) groups is 1. The molecule has 1 aliphatic rings. The maximum absolute atomic E-state index is 10.5. The molecular weight excluding hydrogens is 163 g/mol. The van der Waals surface area contributed by atoms with Gasteiger partial charge in [-0.15, -0.1) is 0 Å². The van der Waals surface area contributed by atoms with Crippen LogP contribution in [0.2, 0.25) is 0 Å². The summed E-state index contributed by atoms with van der Waals surface area (Å²) < 4.78 is 1.14. The lowest BCUT2D eigenvalue weighted by Crippen LogP contribution is -2.33. The van der Waals surface area contributed by atoms with Crippen LogP contribution in [-0.2, 0) is 4.79 Å². The molecule has 1 N–H and O–H groups in total. The van der Waals surface area contributed by atoms with Crippen molar-refractivity contribution >= 4 is 29.3 Å². The van der Waals surface area contributed by atoms with Gasteiger partial charge in [0.15, 0.2) is 0 Å². The summed E-state index contributed by atoms with van der Waals surface area (Å²) in [5.41, 5.74) is 0. The highest BCUT2D eigenvalue weighted by atomic mass is 35.5. The molecule has 0 atom stereocenters. The van der Waals surface area contributed by atoms with Gasteiger partial charge in [-0.25, -0.2) is 0 Å². The van der Waals surface area contributed by atoms with Gasteiger partial charge in [-0.2, -0.15) is 0 Å². The van der Waals surface area contributed by atoms with Gasteiger partial charge in [0.1, 0.15) is 11.7 Å². The fourth-order valence-corrected chi connectivity index (χ4v) is 0.729. The fraction of sp³-hybridized carbons (Fsp3) is 0.250. The standard InChI is InChI=1S/C4H4Cl2N2O/c5-3-1-7-4(9)2-8(3)6/h1H,2H2,(H,7,9). The van der Waals surface area contributed by atoms with Gasteiger partial charge in [0.2, 0.25) is 5.91 Å². The summed E-state index contributed by atoms with van der Waals surface area (Å²) >= 11 is 10.9. The van der Waals surface area contributed by atoms with Crippen LogP contribution in [0.4, 0.5) is 0 Å². The minimum absolute atomic E-state index is 0.108. The molecule has 0 saturated heterocycles. The van der Waals surface area contributed by atoms with E-state index in [0.717, 1.165) is 4.42 Å². The molecule has 0 saturated carbocycles. The second kappa shape index (κ2) is 2.45. The first-order chi connectivity index (χ1) is 4.20. The topological polar surface area (TPSA) is 32.3 Å². The molecule has 3 nitrogen and oxygen atoms in total. The largest absolute Gasteiger partial charge is 0.328 e. The zero-order valence-electron chi connectivity index (χ0n) is 4.40. The van der Waals surface area contributed by atoms with Crippen LogP contribution < -0.4 is 5.32 Å². The van der Waals surface area contributed by atoms with Gasteiger partial charge in [0.05, 0.1) is 0 Å². The van der Waals surface area contributed by atoms with Crippen molar-refractivity contribution in [2.45, 2.75) is 0 Å². The van der Waals surface area contributed by atoms with Gasteiger partial charge < -0.3 is 5.32 Å².